The first kappa shape index (κ1) is 18.9. The third-order valence-electron chi connectivity index (χ3n) is 4.96. The van der Waals surface area contributed by atoms with E-state index in [9.17, 15) is 0 Å². The molecule has 2 atom stereocenters. The smallest absolute Gasteiger partial charge is 0.0702 e. The Morgan fingerprint density at radius 3 is 2.57 bits per heavy atom. The molecule has 0 saturated carbocycles. The Bertz CT molecular complexity index is 260. The summed E-state index contributed by atoms with van der Waals surface area (Å²) in [6, 6.07) is 0. The zero-order valence-electron chi connectivity index (χ0n) is 14.7. The molecule has 0 aromatic rings. The van der Waals surface area contributed by atoms with Crippen LogP contribution in [0.1, 0.15) is 78.6 Å². The second-order valence-electron chi connectivity index (χ2n) is 6.95. The number of nitrogens with zero attached hydrogens (tertiary/aromatic N) is 1. The summed E-state index contributed by atoms with van der Waals surface area (Å²) in [4.78, 5) is 2.61. The van der Waals surface area contributed by atoms with Gasteiger partial charge in [-0.3, -0.25) is 4.90 Å². The Balaban J connectivity index is 2.40. The van der Waals surface area contributed by atoms with Gasteiger partial charge >= 0.3 is 0 Å². The highest BCUT2D eigenvalue weighted by Gasteiger charge is 2.33. The van der Waals surface area contributed by atoms with E-state index in [-0.39, 0.29) is 5.54 Å². The molecule has 0 amide bonds. The van der Waals surface area contributed by atoms with Gasteiger partial charge in [-0.15, -0.1) is 0 Å². The van der Waals surface area contributed by atoms with Crippen LogP contribution < -0.4 is 5.73 Å². The van der Waals surface area contributed by atoms with E-state index in [2.05, 4.69) is 25.7 Å². The fraction of sp³-hybridized carbons (Fsp3) is 1.00. The van der Waals surface area contributed by atoms with Crippen molar-refractivity contribution >= 4 is 0 Å². The lowest BCUT2D eigenvalue weighted by molar-refractivity contribution is -0.0345. The lowest BCUT2D eigenvalue weighted by Crippen LogP contribution is -2.56. The Morgan fingerprint density at radius 2 is 1.90 bits per heavy atom. The van der Waals surface area contributed by atoms with Gasteiger partial charge in [-0.1, -0.05) is 46.0 Å². The summed E-state index contributed by atoms with van der Waals surface area (Å²) in [5, 5.41) is 0. The Labute approximate surface area is 132 Å². The molecule has 0 aliphatic carbocycles. The molecule has 1 rings (SSSR count). The average Bonchev–Trinajstić information content (AvgIpc) is 2.52. The maximum atomic E-state index is 6.14. The van der Waals surface area contributed by atoms with Gasteiger partial charge in [0.1, 0.15) is 0 Å². The normalized spacial score (nSPS) is 23.1. The van der Waals surface area contributed by atoms with Gasteiger partial charge in [0.2, 0.25) is 0 Å². The summed E-state index contributed by atoms with van der Waals surface area (Å²) in [6.45, 7) is 10.7. The molecule has 1 aliphatic rings. The molecule has 1 aliphatic heterocycles. The van der Waals surface area contributed by atoms with E-state index in [4.69, 9.17) is 10.5 Å². The third kappa shape index (κ3) is 6.66. The minimum atomic E-state index is 0.167. The van der Waals surface area contributed by atoms with Crippen molar-refractivity contribution in [1.29, 1.82) is 0 Å². The summed E-state index contributed by atoms with van der Waals surface area (Å²) in [6.07, 6.45) is 12.0. The molecular weight excluding hydrogens is 260 g/mol. The third-order valence-corrected chi connectivity index (χ3v) is 4.96. The maximum Gasteiger partial charge on any atom is 0.0702 e. The number of likely N-dealkylation sites (tertiary alicyclic amines) is 1. The monoisotopic (exact) mass is 298 g/mol. The lowest BCUT2D eigenvalue weighted by atomic mass is 9.89. The van der Waals surface area contributed by atoms with Crippen LogP contribution in [-0.2, 0) is 4.74 Å². The second kappa shape index (κ2) is 10.6. The Morgan fingerprint density at radius 1 is 1.14 bits per heavy atom. The number of hydrogen-bond donors (Lipinski definition) is 1. The van der Waals surface area contributed by atoms with Crippen LogP contribution in [0, 0.1) is 0 Å². The highest BCUT2D eigenvalue weighted by Crippen LogP contribution is 2.27. The fourth-order valence-corrected chi connectivity index (χ4v) is 3.35. The first-order chi connectivity index (χ1) is 10.2. The molecule has 2 N–H and O–H groups in total. The molecule has 1 heterocycles. The van der Waals surface area contributed by atoms with Crippen LogP contribution in [0.15, 0.2) is 0 Å². The molecular formula is C18H38N2O. The molecule has 0 bridgehead atoms. The van der Waals surface area contributed by atoms with E-state index in [0.29, 0.717) is 6.10 Å². The van der Waals surface area contributed by atoms with E-state index < -0.39 is 0 Å². The zero-order valence-corrected chi connectivity index (χ0v) is 14.7. The predicted molar refractivity (Wildman–Crippen MR) is 91.7 cm³/mol. The highest BCUT2D eigenvalue weighted by atomic mass is 16.5. The quantitative estimate of drug-likeness (QED) is 0.587. The minimum absolute atomic E-state index is 0.167. The summed E-state index contributed by atoms with van der Waals surface area (Å²) >= 11 is 0. The first-order valence-electron chi connectivity index (χ1n) is 9.23. The molecule has 2 unspecified atom stereocenters. The zero-order chi connectivity index (χ0) is 15.6. The van der Waals surface area contributed by atoms with Gasteiger partial charge in [0.05, 0.1) is 6.10 Å². The first-order valence-corrected chi connectivity index (χ1v) is 9.23. The molecule has 0 aromatic heterocycles. The standard InChI is InChI=1S/C18H38N2O/c1-4-6-7-8-9-12-18(3,16-19)20-13-10-11-17(15-20)21-14-5-2/h17H,4-16,19H2,1-3H3. The SMILES string of the molecule is CCCCCCCC(C)(CN)N1CCCC(OCCC)C1. The number of ether oxygens (including phenoxy) is 1. The summed E-state index contributed by atoms with van der Waals surface area (Å²) < 4.78 is 5.98. The van der Waals surface area contributed by atoms with Crippen LogP contribution >= 0.6 is 0 Å². The van der Waals surface area contributed by atoms with Crippen LogP contribution in [-0.4, -0.2) is 42.8 Å². The maximum absolute atomic E-state index is 6.14. The number of piperidine rings is 1. The van der Waals surface area contributed by atoms with Gasteiger partial charge in [-0.05, 0) is 39.2 Å². The summed E-state index contributed by atoms with van der Waals surface area (Å²) in [7, 11) is 0. The molecule has 3 nitrogen and oxygen atoms in total. The van der Waals surface area contributed by atoms with Gasteiger partial charge in [-0.2, -0.15) is 0 Å². The predicted octanol–water partition coefficient (Wildman–Crippen LogP) is 3.96. The fourth-order valence-electron chi connectivity index (χ4n) is 3.35. The van der Waals surface area contributed by atoms with E-state index in [0.717, 1.165) is 26.1 Å². The van der Waals surface area contributed by atoms with Crippen molar-refractivity contribution in [3.05, 3.63) is 0 Å². The van der Waals surface area contributed by atoms with Crippen LogP contribution in [0.4, 0.5) is 0 Å². The molecule has 1 fully saturated rings. The van der Waals surface area contributed by atoms with Gasteiger partial charge < -0.3 is 10.5 Å². The number of unbranched alkanes of at least 4 members (excludes halogenated alkanes) is 4. The van der Waals surface area contributed by atoms with Crippen molar-refractivity contribution in [3.63, 3.8) is 0 Å². The van der Waals surface area contributed by atoms with E-state index in [1.165, 1.54) is 57.9 Å². The van der Waals surface area contributed by atoms with Crippen molar-refractivity contribution in [2.75, 3.05) is 26.2 Å². The van der Waals surface area contributed by atoms with Crippen LogP contribution in [0.25, 0.3) is 0 Å². The molecule has 1 saturated heterocycles. The molecule has 0 spiro atoms. The summed E-state index contributed by atoms with van der Waals surface area (Å²) in [5.74, 6) is 0. The number of hydrogen-bond acceptors (Lipinski definition) is 3. The molecule has 126 valence electrons. The minimum Gasteiger partial charge on any atom is -0.377 e. The van der Waals surface area contributed by atoms with Gasteiger partial charge in [0, 0.05) is 25.2 Å². The van der Waals surface area contributed by atoms with Crippen molar-refractivity contribution in [3.8, 4) is 0 Å². The van der Waals surface area contributed by atoms with Crippen LogP contribution in [0.3, 0.4) is 0 Å². The molecule has 21 heavy (non-hydrogen) atoms. The van der Waals surface area contributed by atoms with Gasteiger partial charge in [-0.25, -0.2) is 0 Å². The Kier molecular flexibility index (Phi) is 9.54. The van der Waals surface area contributed by atoms with Crippen molar-refractivity contribution in [1.82, 2.24) is 4.90 Å². The Hall–Kier alpha value is -0.120. The number of rotatable bonds is 11. The topological polar surface area (TPSA) is 38.5 Å². The van der Waals surface area contributed by atoms with E-state index in [1.807, 2.05) is 0 Å². The largest absolute Gasteiger partial charge is 0.377 e. The van der Waals surface area contributed by atoms with Gasteiger partial charge in [0.25, 0.3) is 0 Å². The molecule has 0 aromatic carbocycles. The van der Waals surface area contributed by atoms with Gasteiger partial charge in [0.15, 0.2) is 0 Å². The highest BCUT2D eigenvalue weighted by molar-refractivity contribution is 4.90. The van der Waals surface area contributed by atoms with E-state index in [1.54, 1.807) is 0 Å². The molecule has 3 heteroatoms. The van der Waals surface area contributed by atoms with Crippen molar-refractivity contribution in [2.45, 2.75) is 90.2 Å². The lowest BCUT2D eigenvalue weighted by Gasteiger charge is -2.45. The summed E-state index contributed by atoms with van der Waals surface area (Å²) in [5.41, 5.74) is 6.31. The van der Waals surface area contributed by atoms with Crippen LogP contribution in [0.5, 0.6) is 0 Å². The average molecular weight is 299 g/mol. The van der Waals surface area contributed by atoms with Crippen molar-refractivity contribution in [2.24, 2.45) is 5.73 Å². The molecule has 0 radical (unpaired) electrons. The van der Waals surface area contributed by atoms with Crippen molar-refractivity contribution < 1.29 is 4.74 Å². The van der Waals surface area contributed by atoms with E-state index >= 15 is 0 Å². The van der Waals surface area contributed by atoms with Crippen LogP contribution in [0.2, 0.25) is 0 Å². The number of nitrogens with two attached hydrogens (primary N) is 1. The second-order valence-corrected chi connectivity index (χ2v) is 6.95.